The Labute approximate surface area is 77.5 Å². The third-order valence-corrected chi connectivity index (χ3v) is 2.80. The smallest absolute Gasteiger partial charge is 0.321 e. The monoisotopic (exact) mass is 207 g/mol. The zero-order valence-electron chi connectivity index (χ0n) is 7.36. The van der Waals surface area contributed by atoms with Crippen molar-refractivity contribution in [2.24, 2.45) is 0 Å². The summed E-state index contributed by atoms with van der Waals surface area (Å²) in [7, 11) is -3.49. The minimum atomic E-state index is -3.49. The van der Waals surface area contributed by atoms with Crippen molar-refractivity contribution in [3.8, 4) is 0 Å². The van der Waals surface area contributed by atoms with E-state index in [1.807, 2.05) is 4.72 Å². The minimum Gasteiger partial charge on any atom is -0.480 e. The predicted molar refractivity (Wildman–Crippen MR) is 48.8 cm³/mol. The summed E-state index contributed by atoms with van der Waals surface area (Å²) in [4.78, 5) is 10.3. The normalized spacial score (nSPS) is 13.6. The van der Waals surface area contributed by atoms with E-state index in [1.54, 1.807) is 0 Å². The molecule has 0 bridgehead atoms. The summed E-state index contributed by atoms with van der Waals surface area (Å²) in [5.41, 5.74) is 0. The summed E-state index contributed by atoms with van der Waals surface area (Å²) in [6, 6.07) is -1.09. The number of allylic oxidation sites excluding steroid dienone is 1. The average Bonchev–Trinajstić information content (AvgIpc) is 2.00. The fraction of sp³-hybridized carbons (Fsp3) is 0.571. The Morgan fingerprint density at radius 3 is 2.62 bits per heavy atom. The van der Waals surface area contributed by atoms with Crippen LogP contribution in [0.4, 0.5) is 0 Å². The van der Waals surface area contributed by atoms with Crippen LogP contribution in [0.3, 0.4) is 0 Å². The van der Waals surface area contributed by atoms with Gasteiger partial charge < -0.3 is 5.11 Å². The molecule has 1 atom stereocenters. The lowest BCUT2D eigenvalue weighted by molar-refractivity contribution is -0.138. The summed E-state index contributed by atoms with van der Waals surface area (Å²) in [6.07, 6.45) is 1.77. The van der Waals surface area contributed by atoms with Crippen LogP contribution in [-0.2, 0) is 14.8 Å². The number of hydrogen-bond donors (Lipinski definition) is 2. The highest BCUT2D eigenvalue weighted by Gasteiger charge is 2.18. The Bertz CT molecular complexity index is 283. The number of rotatable bonds is 6. The topological polar surface area (TPSA) is 83.5 Å². The SMILES string of the molecule is C=CCCS(=O)(=O)N[C@H](C)C(=O)O. The van der Waals surface area contributed by atoms with Crippen molar-refractivity contribution in [3.63, 3.8) is 0 Å². The molecule has 13 heavy (non-hydrogen) atoms. The van der Waals surface area contributed by atoms with Crippen molar-refractivity contribution in [1.29, 1.82) is 0 Å². The summed E-state index contributed by atoms with van der Waals surface area (Å²) in [5, 5.41) is 8.42. The van der Waals surface area contributed by atoms with Gasteiger partial charge in [0.05, 0.1) is 5.75 Å². The Hall–Kier alpha value is -0.880. The van der Waals surface area contributed by atoms with Gasteiger partial charge in [-0.3, -0.25) is 4.79 Å². The van der Waals surface area contributed by atoms with Gasteiger partial charge in [0.15, 0.2) is 0 Å². The van der Waals surface area contributed by atoms with Gasteiger partial charge in [-0.2, -0.15) is 0 Å². The maximum Gasteiger partial charge on any atom is 0.321 e. The van der Waals surface area contributed by atoms with Crippen molar-refractivity contribution in [2.45, 2.75) is 19.4 Å². The molecule has 0 aromatic heterocycles. The van der Waals surface area contributed by atoms with Crippen LogP contribution in [0.25, 0.3) is 0 Å². The lowest BCUT2D eigenvalue weighted by Gasteiger charge is -2.08. The van der Waals surface area contributed by atoms with E-state index >= 15 is 0 Å². The Morgan fingerprint density at radius 1 is 1.69 bits per heavy atom. The molecule has 76 valence electrons. The average molecular weight is 207 g/mol. The summed E-state index contributed by atoms with van der Waals surface area (Å²) >= 11 is 0. The first-order valence-electron chi connectivity index (χ1n) is 3.73. The van der Waals surface area contributed by atoms with Gasteiger partial charge in [-0.1, -0.05) is 6.08 Å². The first-order valence-corrected chi connectivity index (χ1v) is 5.38. The number of aliphatic carboxylic acids is 1. The molecular formula is C7H13NO4S. The zero-order valence-corrected chi connectivity index (χ0v) is 8.17. The molecule has 0 aliphatic heterocycles. The van der Waals surface area contributed by atoms with Crippen LogP contribution >= 0.6 is 0 Å². The Balaban J connectivity index is 4.17. The summed E-state index contributed by atoms with van der Waals surface area (Å²) < 4.78 is 24.2. The van der Waals surface area contributed by atoms with E-state index in [9.17, 15) is 13.2 Å². The first kappa shape index (κ1) is 12.1. The largest absolute Gasteiger partial charge is 0.480 e. The maximum atomic E-state index is 11.1. The van der Waals surface area contributed by atoms with E-state index in [0.29, 0.717) is 6.42 Å². The molecule has 0 spiro atoms. The van der Waals surface area contributed by atoms with Gasteiger partial charge in [-0.15, -0.1) is 6.58 Å². The van der Waals surface area contributed by atoms with E-state index in [1.165, 1.54) is 13.0 Å². The molecule has 2 N–H and O–H groups in total. The highest BCUT2D eigenvalue weighted by Crippen LogP contribution is 1.93. The van der Waals surface area contributed by atoms with Crippen LogP contribution in [0.1, 0.15) is 13.3 Å². The molecule has 5 nitrogen and oxygen atoms in total. The summed E-state index contributed by atoms with van der Waals surface area (Å²) in [5.74, 6) is -1.32. The van der Waals surface area contributed by atoms with Crippen LogP contribution in [0.2, 0.25) is 0 Å². The quantitative estimate of drug-likeness (QED) is 0.598. The van der Waals surface area contributed by atoms with E-state index < -0.39 is 22.0 Å². The molecular weight excluding hydrogens is 194 g/mol. The third-order valence-electron chi connectivity index (χ3n) is 1.32. The van der Waals surface area contributed by atoms with E-state index in [4.69, 9.17) is 5.11 Å². The second-order valence-electron chi connectivity index (χ2n) is 2.57. The molecule has 0 unspecified atom stereocenters. The molecule has 0 aliphatic rings. The minimum absolute atomic E-state index is 0.131. The molecule has 0 aromatic rings. The molecule has 0 saturated heterocycles. The maximum absolute atomic E-state index is 11.1. The Morgan fingerprint density at radius 2 is 2.23 bits per heavy atom. The van der Waals surface area contributed by atoms with Crippen molar-refractivity contribution >= 4 is 16.0 Å². The molecule has 6 heteroatoms. The number of nitrogens with one attached hydrogen (secondary N) is 1. The van der Waals surface area contributed by atoms with E-state index in [-0.39, 0.29) is 5.75 Å². The fourth-order valence-electron chi connectivity index (χ4n) is 0.617. The van der Waals surface area contributed by atoms with Crippen molar-refractivity contribution < 1.29 is 18.3 Å². The molecule has 0 radical (unpaired) electrons. The zero-order chi connectivity index (χ0) is 10.5. The molecule has 0 aromatic carbocycles. The van der Waals surface area contributed by atoms with Gasteiger partial charge in [-0.25, -0.2) is 13.1 Å². The van der Waals surface area contributed by atoms with Gasteiger partial charge >= 0.3 is 5.97 Å². The number of sulfonamides is 1. The summed E-state index contributed by atoms with van der Waals surface area (Å²) in [6.45, 7) is 4.64. The van der Waals surface area contributed by atoms with Crippen molar-refractivity contribution in [2.75, 3.05) is 5.75 Å². The molecule has 0 saturated carbocycles. The second kappa shape index (κ2) is 4.98. The van der Waals surface area contributed by atoms with Gasteiger partial charge in [0, 0.05) is 0 Å². The molecule has 0 fully saturated rings. The first-order chi connectivity index (χ1) is 5.89. The van der Waals surface area contributed by atoms with Crippen molar-refractivity contribution in [3.05, 3.63) is 12.7 Å². The molecule has 0 rings (SSSR count). The van der Waals surface area contributed by atoms with E-state index in [0.717, 1.165) is 0 Å². The van der Waals surface area contributed by atoms with Gasteiger partial charge in [0.25, 0.3) is 0 Å². The lowest BCUT2D eigenvalue weighted by atomic mass is 10.4. The molecule has 0 heterocycles. The van der Waals surface area contributed by atoms with Crippen molar-refractivity contribution in [1.82, 2.24) is 4.72 Å². The van der Waals surface area contributed by atoms with Gasteiger partial charge in [0.1, 0.15) is 6.04 Å². The van der Waals surface area contributed by atoms with Gasteiger partial charge in [0.2, 0.25) is 10.0 Å². The van der Waals surface area contributed by atoms with Crippen LogP contribution in [0.5, 0.6) is 0 Å². The lowest BCUT2D eigenvalue weighted by Crippen LogP contribution is -2.39. The third kappa shape index (κ3) is 5.37. The number of carbonyl (C=O) groups is 1. The predicted octanol–water partition coefficient (Wildman–Crippen LogP) is -0.0450. The molecule has 0 amide bonds. The fourth-order valence-corrected chi connectivity index (χ4v) is 1.85. The Kier molecular flexibility index (Phi) is 4.64. The number of carboxylic acids is 1. The standard InChI is InChI=1S/C7H13NO4S/c1-3-4-5-13(11,12)8-6(2)7(9)10/h3,6,8H,1,4-5H2,2H3,(H,9,10)/t6-/m1/s1. The van der Waals surface area contributed by atoms with Crippen LogP contribution < -0.4 is 4.72 Å². The highest BCUT2D eigenvalue weighted by atomic mass is 32.2. The van der Waals surface area contributed by atoms with E-state index in [2.05, 4.69) is 6.58 Å². The number of carboxylic acid groups (broad SMARTS) is 1. The van der Waals surface area contributed by atoms with Gasteiger partial charge in [-0.05, 0) is 13.3 Å². The van der Waals surface area contributed by atoms with Crippen LogP contribution in [-0.4, -0.2) is 31.3 Å². The second-order valence-corrected chi connectivity index (χ2v) is 4.45. The highest BCUT2D eigenvalue weighted by molar-refractivity contribution is 7.89. The van der Waals surface area contributed by atoms with Crippen LogP contribution in [0, 0.1) is 0 Å². The van der Waals surface area contributed by atoms with Crippen LogP contribution in [0.15, 0.2) is 12.7 Å². The molecule has 0 aliphatic carbocycles. The number of hydrogen-bond acceptors (Lipinski definition) is 3.